The number of benzene rings is 1. The van der Waals surface area contributed by atoms with Gasteiger partial charge >= 0.3 is 0 Å². The normalized spacial score (nSPS) is 20.7. The molecule has 0 spiro atoms. The zero-order valence-corrected chi connectivity index (χ0v) is 9.65. The van der Waals surface area contributed by atoms with Gasteiger partial charge in [-0.1, -0.05) is 40.6 Å². The predicted molar refractivity (Wildman–Crippen MR) is 64.9 cm³/mol. The molecule has 1 aromatic carbocycles. The summed E-state index contributed by atoms with van der Waals surface area (Å²) in [4.78, 5) is 13.5. The molecular weight excluding hydrogens is 234 g/mol. The number of oxime groups is 2. The van der Waals surface area contributed by atoms with Crippen molar-refractivity contribution < 1.29 is 15.2 Å². The topological polar surface area (TPSA) is 85.5 Å². The van der Waals surface area contributed by atoms with Crippen molar-refractivity contribution in [3.8, 4) is 0 Å². The molecule has 0 bridgehead atoms. The first-order chi connectivity index (χ1) is 8.76. The lowest BCUT2D eigenvalue weighted by molar-refractivity contribution is -0.124. The van der Waals surface area contributed by atoms with Crippen LogP contribution in [0.25, 0.3) is 0 Å². The van der Waals surface area contributed by atoms with Gasteiger partial charge in [-0.15, -0.1) is 0 Å². The van der Waals surface area contributed by atoms with E-state index in [-0.39, 0.29) is 11.4 Å². The molecule has 1 aliphatic heterocycles. The highest BCUT2D eigenvalue weighted by atomic mass is 16.4. The minimum atomic E-state index is -0.430. The number of piperidine rings is 1. The smallest absolute Gasteiger partial charge is 0.278 e. The molecule has 1 heterocycles. The summed E-state index contributed by atoms with van der Waals surface area (Å²) < 4.78 is 0. The Morgan fingerprint density at radius 1 is 1.17 bits per heavy atom. The van der Waals surface area contributed by atoms with Gasteiger partial charge in [-0.2, -0.15) is 0 Å². The lowest BCUT2D eigenvalue weighted by Crippen LogP contribution is -2.46. The van der Waals surface area contributed by atoms with Crippen LogP contribution in [0.5, 0.6) is 0 Å². The van der Waals surface area contributed by atoms with Crippen molar-refractivity contribution in [2.75, 3.05) is 6.54 Å². The second-order valence-electron chi connectivity index (χ2n) is 3.96. The molecule has 6 nitrogen and oxygen atoms in total. The minimum Gasteiger partial charge on any atom is -0.411 e. The Balaban J connectivity index is 2.15. The second-order valence-corrected chi connectivity index (χ2v) is 3.96. The molecule has 1 saturated heterocycles. The van der Waals surface area contributed by atoms with Gasteiger partial charge < -0.3 is 15.3 Å². The Hall–Kier alpha value is -2.37. The molecule has 0 atom stereocenters. The number of hydrogen-bond donors (Lipinski definition) is 2. The molecular formula is C12H13N3O3. The summed E-state index contributed by atoms with van der Waals surface area (Å²) in [6.07, 6.45) is 0.370. The maximum absolute atomic E-state index is 12.0. The molecule has 0 aliphatic carbocycles. The zero-order chi connectivity index (χ0) is 13.0. The molecule has 1 aliphatic rings. The van der Waals surface area contributed by atoms with Crippen molar-refractivity contribution in [1.82, 2.24) is 4.90 Å². The molecule has 94 valence electrons. The number of nitrogens with zero attached hydrogens (tertiary/aromatic N) is 3. The SMILES string of the molecule is O=C1C(=NO)C(=NO)CCN1Cc1ccccc1. The van der Waals surface area contributed by atoms with Crippen LogP contribution in [-0.2, 0) is 11.3 Å². The van der Waals surface area contributed by atoms with E-state index in [2.05, 4.69) is 10.3 Å². The van der Waals surface area contributed by atoms with E-state index >= 15 is 0 Å². The van der Waals surface area contributed by atoms with E-state index < -0.39 is 5.91 Å². The molecule has 2 rings (SSSR count). The number of rotatable bonds is 2. The Morgan fingerprint density at radius 2 is 1.89 bits per heavy atom. The van der Waals surface area contributed by atoms with Crippen molar-refractivity contribution in [2.45, 2.75) is 13.0 Å². The number of hydrogen-bond acceptors (Lipinski definition) is 5. The summed E-state index contributed by atoms with van der Waals surface area (Å²) in [6.45, 7) is 0.879. The maximum Gasteiger partial charge on any atom is 0.278 e. The first-order valence-corrected chi connectivity index (χ1v) is 5.53. The van der Waals surface area contributed by atoms with Gasteiger partial charge in [-0.3, -0.25) is 4.79 Å². The van der Waals surface area contributed by atoms with E-state index in [9.17, 15) is 4.79 Å². The third-order valence-electron chi connectivity index (χ3n) is 2.82. The summed E-state index contributed by atoms with van der Waals surface area (Å²) in [6, 6.07) is 9.52. The van der Waals surface area contributed by atoms with Gasteiger partial charge in [0.25, 0.3) is 5.91 Å². The van der Waals surface area contributed by atoms with Crippen LogP contribution < -0.4 is 0 Å². The quantitative estimate of drug-likeness (QED) is 0.605. The third-order valence-corrected chi connectivity index (χ3v) is 2.82. The van der Waals surface area contributed by atoms with Crippen LogP contribution in [0.1, 0.15) is 12.0 Å². The van der Waals surface area contributed by atoms with Crippen LogP contribution in [-0.4, -0.2) is 39.2 Å². The van der Waals surface area contributed by atoms with Crippen LogP contribution in [0.3, 0.4) is 0 Å². The van der Waals surface area contributed by atoms with Gasteiger partial charge in [-0.05, 0) is 5.56 Å². The highest BCUT2D eigenvalue weighted by Gasteiger charge is 2.30. The van der Waals surface area contributed by atoms with E-state index in [1.807, 2.05) is 30.3 Å². The van der Waals surface area contributed by atoms with Gasteiger partial charge in [0.15, 0.2) is 5.71 Å². The van der Waals surface area contributed by atoms with E-state index in [1.54, 1.807) is 4.90 Å². The molecule has 0 unspecified atom stereocenters. The number of carbonyl (C=O) groups is 1. The molecule has 6 heteroatoms. The molecule has 2 N–H and O–H groups in total. The maximum atomic E-state index is 12.0. The highest BCUT2D eigenvalue weighted by Crippen LogP contribution is 2.12. The average Bonchev–Trinajstić information content (AvgIpc) is 2.42. The van der Waals surface area contributed by atoms with Crippen molar-refractivity contribution in [3.05, 3.63) is 35.9 Å². The second kappa shape index (κ2) is 5.31. The lowest BCUT2D eigenvalue weighted by atomic mass is 10.0. The molecule has 1 amide bonds. The number of amides is 1. The lowest BCUT2D eigenvalue weighted by Gasteiger charge is -2.27. The monoisotopic (exact) mass is 247 g/mol. The van der Waals surface area contributed by atoms with Gasteiger partial charge in [-0.25, -0.2) is 0 Å². The highest BCUT2D eigenvalue weighted by molar-refractivity contribution is 6.67. The number of likely N-dealkylation sites (tertiary alicyclic amines) is 1. The molecule has 0 radical (unpaired) electrons. The molecule has 1 aromatic rings. The standard InChI is InChI=1S/C12H13N3O3/c16-12-11(14-18)10(13-17)6-7-15(12)8-9-4-2-1-3-5-9/h1-5,17-18H,6-8H2. The molecule has 0 saturated carbocycles. The fourth-order valence-corrected chi connectivity index (χ4v) is 1.89. The minimum absolute atomic E-state index is 0.117. The average molecular weight is 247 g/mol. The predicted octanol–water partition coefficient (Wildman–Crippen LogP) is 1.08. The van der Waals surface area contributed by atoms with Crippen LogP contribution in [0, 0.1) is 0 Å². The van der Waals surface area contributed by atoms with E-state index in [0.717, 1.165) is 5.56 Å². The Bertz CT molecular complexity index is 497. The number of carbonyl (C=O) groups excluding carboxylic acids is 1. The van der Waals surface area contributed by atoms with Crippen LogP contribution in [0.2, 0.25) is 0 Å². The van der Waals surface area contributed by atoms with Gasteiger partial charge in [0.1, 0.15) is 5.71 Å². The van der Waals surface area contributed by atoms with Gasteiger partial charge in [0, 0.05) is 19.5 Å². The fraction of sp³-hybridized carbons (Fsp3) is 0.250. The summed E-state index contributed by atoms with van der Waals surface area (Å²) in [5.74, 6) is -0.430. The molecule has 1 fully saturated rings. The van der Waals surface area contributed by atoms with Crippen molar-refractivity contribution in [1.29, 1.82) is 0 Å². The van der Waals surface area contributed by atoms with Crippen LogP contribution in [0.15, 0.2) is 40.6 Å². The fourth-order valence-electron chi connectivity index (χ4n) is 1.89. The molecule has 18 heavy (non-hydrogen) atoms. The summed E-state index contributed by atoms with van der Waals surface area (Å²) in [5.41, 5.74) is 0.916. The van der Waals surface area contributed by atoms with E-state index in [0.29, 0.717) is 19.5 Å². The van der Waals surface area contributed by atoms with Gasteiger partial charge in [0.05, 0.1) is 0 Å². The van der Waals surface area contributed by atoms with Crippen molar-refractivity contribution in [2.24, 2.45) is 10.3 Å². The van der Waals surface area contributed by atoms with E-state index in [4.69, 9.17) is 10.4 Å². The summed E-state index contributed by atoms with van der Waals surface area (Å²) in [5, 5.41) is 23.4. The van der Waals surface area contributed by atoms with Crippen molar-refractivity contribution >= 4 is 17.3 Å². The van der Waals surface area contributed by atoms with Gasteiger partial charge in [0.2, 0.25) is 0 Å². The van der Waals surface area contributed by atoms with E-state index in [1.165, 1.54) is 0 Å². The van der Waals surface area contributed by atoms with Crippen molar-refractivity contribution in [3.63, 3.8) is 0 Å². The summed E-state index contributed by atoms with van der Waals surface area (Å²) >= 11 is 0. The third kappa shape index (κ3) is 2.32. The zero-order valence-electron chi connectivity index (χ0n) is 9.65. The first kappa shape index (κ1) is 12.1. The largest absolute Gasteiger partial charge is 0.411 e. The first-order valence-electron chi connectivity index (χ1n) is 5.53. The Kier molecular flexibility index (Phi) is 3.57. The Labute approximate surface area is 104 Å². The molecule has 0 aromatic heterocycles. The van der Waals surface area contributed by atoms with Crippen LogP contribution >= 0.6 is 0 Å². The Morgan fingerprint density at radius 3 is 2.50 bits per heavy atom. The van der Waals surface area contributed by atoms with Crippen LogP contribution in [0.4, 0.5) is 0 Å². The summed E-state index contributed by atoms with van der Waals surface area (Å²) in [7, 11) is 0.